The smallest absolute Gasteiger partial charge is 0.134 e. The van der Waals surface area contributed by atoms with Gasteiger partial charge >= 0.3 is 0 Å². The van der Waals surface area contributed by atoms with E-state index >= 15 is 0 Å². The van der Waals surface area contributed by atoms with E-state index in [1.165, 1.54) is 6.07 Å². The molecule has 1 aromatic carbocycles. The molecule has 2 rings (SSSR count). The van der Waals surface area contributed by atoms with E-state index in [2.05, 4.69) is 4.98 Å². The maximum Gasteiger partial charge on any atom is 0.134 e. The van der Waals surface area contributed by atoms with Crippen LogP contribution in [0.15, 0.2) is 18.2 Å². The van der Waals surface area contributed by atoms with E-state index < -0.39 is 0 Å². The summed E-state index contributed by atoms with van der Waals surface area (Å²) in [6.45, 7) is 2.24. The van der Waals surface area contributed by atoms with Crippen molar-refractivity contribution in [2.24, 2.45) is 0 Å². The van der Waals surface area contributed by atoms with E-state index in [-0.39, 0.29) is 5.82 Å². The molecule has 0 radical (unpaired) electrons. The molecule has 0 unspecified atom stereocenters. The van der Waals surface area contributed by atoms with Crippen LogP contribution in [0.5, 0.6) is 0 Å². The second-order valence-electron chi connectivity index (χ2n) is 3.62. The van der Waals surface area contributed by atoms with Crippen LogP contribution in [-0.2, 0) is 11.3 Å². The minimum atomic E-state index is -0.345. The van der Waals surface area contributed by atoms with Gasteiger partial charge in [-0.25, -0.2) is 9.37 Å². The first-order valence-electron chi connectivity index (χ1n) is 4.86. The van der Waals surface area contributed by atoms with Crippen molar-refractivity contribution in [3.05, 3.63) is 40.3 Å². The second kappa shape index (κ2) is 4.36. The lowest BCUT2D eigenvalue weighted by Crippen LogP contribution is -1.96. The second-order valence-corrected chi connectivity index (χ2v) is 4.02. The summed E-state index contributed by atoms with van der Waals surface area (Å²) in [4.78, 5) is 4.34. The molecule has 0 N–H and O–H groups in total. The van der Waals surface area contributed by atoms with E-state index in [1.54, 1.807) is 19.2 Å². The average Bonchev–Trinajstić information content (AvgIpc) is 2.23. The van der Waals surface area contributed by atoms with Crippen LogP contribution < -0.4 is 0 Å². The van der Waals surface area contributed by atoms with E-state index in [1.807, 2.05) is 6.92 Å². The Morgan fingerprint density at radius 1 is 1.44 bits per heavy atom. The summed E-state index contributed by atoms with van der Waals surface area (Å²) in [6.07, 6.45) is 0. The Bertz CT molecular complexity index is 542. The maximum atomic E-state index is 13.6. The number of halogens is 2. The molecule has 84 valence electrons. The number of aromatic nitrogens is 1. The third-order valence-electron chi connectivity index (χ3n) is 2.41. The van der Waals surface area contributed by atoms with Crippen molar-refractivity contribution in [3.8, 4) is 0 Å². The summed E-state index contributed by atoms with van der Waals surface area (Å²) >= 11 is 6.04. The highest BCUT2D eigenvalue weighted by Crippen LogP contribution is 2.28. The van der Waals surface area contributed by atoms with Gasteiger partial charge in [0.1, 0.15) is 5.82 Å². The molecule has 16 heavy (non-hydrogen) atoms. The van der Waals surface area contributed by atoms with Gasteiger partial charge in [0.2, 0.25) is 0 Å². The third kappa shape index (κ3) is 1.88. The molecule has 0 aliphatic rings. The number of hydrogen-bond acceptors (Lipinski definition) is 2. The van der Waals surface area contributed by atoms with Gasteiger partial charge in [0.25, 0.3) is 0 Å². The molecule has 4 heteroatoms. The highest BCUT2D eigenvalue weighted by Gasteiger charge is 2.10. The van der Waals surface area contributed by atoms with E-state index in [9.17, 15) is 4.39 Å². The lowest BCUT2D eigenvalue weighted by Gasteiger charge is -2.07. The van der Waals surface area contributed by atoms with Crippen molar-refractivity contribution >= 4 is 22.5 Å². The zero-order valence-electron chi connectivity index (χ0n) is 9.05. The molecule has 0 atom stereocenters. The van der Waals surface area contributed by atoms with Gasteiger partial charge in [-0.15, -0.1) is 0 Å². The first-order chi connectivity index (χ1) is 7.63. The fourth-order valence-corrected chi connectivity index (χ4v) is 1.96. The van der Waals surface area contributed by atoms with Crippen LogP contribution in [0.2, 0.25) is 5.02 Å². The number of nitrogens with zero attached hydrogens (tertiary/aromatic N) is 1. The molecule has 0 saturated carbocycles. The maximum absolute atomic E-state index is 13.6. The lowest BCUT2D eigenvalue weighted by atomic mass is 10.1. The molecule has 0 spiro atoms. The monoisotopic (exact) mass is 239 g/mol. The minimum absolute atomic E-state index is 0.345. The van der Waals surface area contributed by atoms with Crippen LogP contribution in [-0.4, -0.2) is 12.1 Å². The van der Waals surface area contributed by atoms with Gasteiger partial charge in [-0.1, -0.05) is 17.7 Å². The molecule has 2 nitrogen and oxygen atoms in total. The predicted molar refractivity (Wildman–Crippen MR) is 62.2 cm³/mol. The molecule has 0 fully saturated rings. The summed E-state index contributed by atoms with van der Waals surface area (Å²) in [6, 6.07) is 4.73. The molecule has 0 amide bonds. The van der Waals surface area contributed by atoms with Crippen molar-refractivity contribution in [2.75, 3.05) is 7.11 Å². The molecular formula is C12H11ClFNO. The van der Waals surface area contributed by atoms with E-state index in [0.29, 0.717) is 28.2 Å². The van der Waals surface area contributed by atoms with Crippen LogP contribution in [0.25, 0.3) is 10.9 Å². The number of rotatable bonds is 2. The van der Waals surface area contributed by atoms with Crippen molar-refractivity contribution in [1.82, 2.24) is 4.98 Å². The van der Waals surface area contributed by atoms with Gasteiger partial charge in [0.15, 0.2) is 0 Å². The van der Waals surface area contributed by atoms with E-state index in [0.717, 1.165) is 5.56 Å². The Hall–Kier alpha value is -1.19. The highest BCUT2D eigenvalue weighted by atomic mass is 35.5. The normalized spacial score (nSPS) is 11.0. The van der Waals surface area contributed by atoms with Crippen molar-refractivity contribution < 1.29 is 9.13 Å². The zero-order valence-corrected chi connectivity index (χ0v) is 9.81. The standard InChI is InChI=1S/C12H11ClFNO/c1-7-3-4-10(14)11-9(13)5-8(6-16-2)15-12(7)11/h3-5H,6H2,1-2H3. The summed E-state index contributed by atoms with van der Waals surface area (Å²) in [5.41, 5.74) is 2.20. The Kier molecular flexibility index (Phi) is 3.08. The van der Waals surface area contributed by atoms with Gasteiger partial charge in [0, 0.05) is 7.11 Å². The van der Waals surface area contributed by atoms with Gasteiger partial charge in [-0.2, -0.15) is 0 Å². The molecule has 0 saturated heterocycles. The van der Waals surface area contributed by atoms with Crippen molar-refractivity contribution in [2.45, 2.75) is 13.5 Å². The highest BCUT2D eigenvalue weighted by molar-refractivity contribution is 6.35. The fourth-order valence-electron chi connectivity index (χ4n) is 1.66. The zero-order chi connectivity index (χ0) is 11.7. The Balaban J connectivity index is 2.76. The molecule has 0 aliphatic heterocycles. The molecule has 1 aromatic heterocycles. The summed E-state index contributed by atoms with van der Waals surface area (Å²) in [7, 11) is 1.58. The predicted octanol–water partition coefficient (Wildman–Crippen LogP) is 3.48. The van der Waals surface area contributed by atoms with Crippen LogP contribution in [0.3, 0.4) is 0 Å². The van der Waals surface area contributed by atoms with Crippen molar-refractivity contribution in [1.29, 1.82) is 0 Å². The number of pyridine rings is 1. The first kappa shape index (κ1) is 11.3. The number of hydrogen-bond donors (Lipinski definition) is 0. The summed E-state index contributed by atoms with van der Waals surface area (Å²) < 4.78 is 18.6. The average molecular weight is 240 g/mol. The SMILES string of the molecule is COCc1cc(Cl)c2c(F)ccc(C)c2n1. The molecule has 1 heterocycles. The van der Waals surface area contributed by atoms with Gasteiger partial charge in [0.05, 0.1) is 28.2 Å². The van der Waals surface area contributed by atoms with Crippen molar-refractivity contribution in [3.63, 3.8) is 0 Å². The molecule has 2 aromatic rings. The van der Waals surface area contributed by atoms with Crippen LogP contribution in [0, 0.1) is 12.7 Å². The number of benzene rings is 1. The number of ether oxygens (including phenoxy) is 1. The topological polar surface area (TPSA) is 22.1 Å². The third-order valence-corrected chi connectivity index (χ3v) is 2.71. The lowest BCUT2D eigenvalue weighted by molar-refractivity contribution is 0.182. The van der Waals surface area contributed by atoms with Gasteiger partial charge in [-0.3, -0.25) is 0 Å². The van der Waals surface area contributed by atoms with Gasteiger partial charge < -0.3 is 4.74 Å². The summed E-state index contributed by atoms with van der Waals surface area (Å²) in [5.74, 6) is -0.345. The minimum Gasteiger partial charge on any atom is -0.378 e. The quantitative estimate of drug-likeness (QED) is 0.801. The Labute approximate surface area is 98.0 Å². The molecule has 0 aliphatic carbocycles. The van der Waals surface area contributed by atoms with Crippen LogP contribution >= 0.6 is 11.6 Å². The largest absolute Gasteiger partial charge is 0.378 e. The van der Waals surface area contributed by atoms with Crippen LogP contribution in [0.4, 0.5) is 4.39 Å². The number of fused-ring (bicyclic) bond motifs is 1. The molecular weight excluding hydrogens is 229 g/mol. The Morgan fingerprint density at radius 2 is 2.19 bits per heavy atom. The molecule has 0 bridgehead atoms. The number of aryl methyl sites for hydroxylation is 1. The van der Waals surface area contributed by atoms with E-state index in [4.69, 9.17) is 16.3 Å². The van der Waals surface area contributed by atoms with Gasteiger partial charge in [-0.05, 0) is 24.6 Å². The Morgan fingerprint density at radius 3 is 2.88 bits per heavy atom. The fraction of sp³-hybridized carbons (Fsp3) is 0.250. The van der Waals surface area contributed by atoms with Crippen LogP contribution in [0.1, 0.15) is 11.3 Å². The first-order valence-corrected chi connectivity index (χ1v) is 5.24. The number of methoxy groups -OCH3 is 1. The summed E-state index contributed by atoms with van der Waals surface area (Å²) in [5, 5.41) is 0.750.